The van der Waals surface area contributed by atoms with Gasteiger partial charge >= 0.3 is 6.18 Å². The van der Waals surface area contributed by atoms with Crippen molar-refractivity contribution in [2.24, 2.45) is 0 Å². The molecule has 0 aliphatic carbocycles. The van der Waals surface area contributed by atoms with Crippen LogP contribution in [0.5, 0.6) is 0 Å². The van der Waals surface area contributed by atoms with E-state index < -0.39 is 29.2 Å². The molecule has 0 fully saturated rings. The molecule has 0 aliphatic rings. The van der Waals surface area contributed by atoms with E-state index in [2.05, 4.69) is 15.4 Å². The zero-order chi connectivity index (χ0) is 22.9. The summed E-state index contributed by atoms with van der Waals surface area (Å²) in [5.74, 6) is -1.62. The summed E-state index contributed by atoms with van der Waals surface area (Å²) in [6, 6.07) is 11.5. The topological polar surface area (TPSA) is 59.8 Å². The Morgan fingerprint density at radius 3 is 2.50 bits per heavy atom. The highest BCUT2D eigenvalue weighted by Crippen LogP contribution is 2.34. The van der Waals surface area contributed by atoms with Crippen LogP contribution in [0, 0.1) is 5.82 Å². The van der Waals surface area contributed by atoms with E-state index in [1.165, 1.54) is 6.20 Å². The molecule has 1 N–H and O–H groups in total. The maximum atomic E-state index is 13.8. The molecule has 164 valence electrons. The Morgan fingerprint density at radius 2 is 1.81 bits per heavy atom. The van der Waals surface area contributed by atoms with Gasteiger partial charge in [0, 0.05) is 22.5 Å². The third-order valence-corrected chi connectivity index (χ3v) is 5.73. The number of nitrogens with zero attached hydrogens (tertiary/aromatic N) is 3. The minimum atomic E-state index is -4.88. The fourth-order valence-electron chi connectivity index (χ4n) is 3.01. The van der Waals surface area contributed by atoms with Gasteiger partial charge in [-0.15, -0.1) is 11.3 Å². The summed E-state index contributed by atoms with van der Waals surface area (Å²) in [6.45, 7) is 0. The van der Waals surface area contributed by atoms with Crippen LogP contribution in [-0.2, 0) is 12.6 Å². The second-order valence-electron chi connectivity index (χ2n) is 6.65. The van der Waals surface area contributed by atoms with Crippen molar-refractivity contribution < 1.29 is 22.4 Å². The Bertz CT molecular complexity index is 1270. The molecular weight excluding hydrogens is 468 g/mol. The van der Waals surface area contributed by atoms with Gasteiger partial charge in [-0.2, -0.15) is 18.3 Å². The van der Waals surface area contributed by atoms with E-state index in [4.69, 9.17) is 11.6 Å². The molecule has 0 saturated carbocycles. The molecule has 2 heterocycles. The molecular formula is C21H13ClF4N4OS. The molecule has 0 unspecified atom stereocenters. The molecule has 1 amide bonds. The zero-order valence-electron chi connectivity index (χ0n) is 16.0. The van der Waals surface area contributed by atoms with Crippen LogP contribution < -0.4 is 5.32 Å². The molecule has 4 rings (SSSR count). The first-order valence-corrected chi connectivity index (χ1v) is 10.3. The Morgan fingerprint density at radius 1 is 1.09 bits per heavy atom. The first-order chi connectivity index (χ1) is 15.2. The Hall–Kier alpha value is -3.24. The van der Waals surface area contributed by atoms with E-state index in [9.17, 15) is 22.4 Å². The van der Waals surface area contributed by atoms with Crippen molar-refractivity contribution in [3.8, 4) is 5.69 Å². The lowest BCUT2D eigenvalue weighted by atomic mass is 10.1. The van der Waals surface area contributed by atoms with E-state index in [0.717, 1.165) is 52.2 Å². The predicted molar refractivity (Wildman–Crippen MR) is 113 cm³/mol. The summed E-state index contributed by atoms with van der Waals surface area (Å²) in [6.07, 6.45) is -2.07. The lowest BCUT2D eigenvalue weighted by molar-refractivity contribution is -0.143. The van der Waals surface area contributed by atoms with Gasteiger partial charge in [-0.25, -0.2) is 14.1 Å². The molecule has 0 radical (unpaired) electrons. The van der Waals surface area contributed by atoms with E-state index in [0.29, 0.717) is 16.1 Å². The van der Waals surface area contributed by atoms with Crippen molar-refractivity contribution in [1.82, 2.24) is 14.8 Å². The first kappa shape index (κ1) is 22.0. The Labute approximate surface area is 188 Å². The molecule has 2 aromatic heterocycles. The highest BCUT2D eigenvalue weighted by molar-refractivity contribution is 7.15. The number of hydrogen-bond acceptors (Lipinski definition) is 4. The summed E-state index contributed by atoms with van der Waals surface area (Å²) in [7, 11) is 0. The van der Waals surface area contributed by atoms with Crippen LogP contribution in [0.15, 0.2) is 60.9 Å². The number of benzene rings is 2. The van der Waals surface area contributed by atoms with Crippen molar-refractivity contribution in [2.45, 2.75) is 12.6 Å². The Balaban J connectivity index is 1.58. The summed E-state index contributed by atoms with van der Waals surface area (Å²) in [4.78, 5) is 17.5. The van der Waals surface area contributed by atoms with Gasteiger partial charge in [0.25, 0.3) is 5.91 Å². The van der Waals surface area contributed by atoms with Crippen molar-refractivity contribution >= 4 is 34.0 Å². The SMILES string of the molecule is O=C(Nc1ncc(Cc2ccccc2Cl)s1)c1cnn(-c2ccc(F)cc2)c1C(F)(F)F. The van der Waals surface area contributed by atoms with E-state index >= 15 is 0 Å². The Kier molecular flexibility index (Phi) is 5.98. The van der Waals surface area contributed by atoms with Crippen LogP contribution in [0.4, 0.5) is 22.7 Å². The van der Waals surface area contributed by atoms with Gasteiger partial charge in [-0.1, -0.05) is 29.8 Å². The monoisotopic (exact) mass is 480 g/mol. The van der Waals surface area contributed by atoms with Crippen LogP contribution >= 0.6 is 22.9 Å². The molecule has 0 aliphatic heterocycles. The van der Waals surface area contributed by atoms with Gasteiger partial charge in [-0.05, 0) is 35.9 Å². The average Bonchev–Trinajstić information content (AvgIpc) is 3.37. The fourth-order valence-corrected chi connectivity index (χ4v) is 4.04. The lowest BCUT2D eigenvalue weighted by Crippen LogP contribution is -2.20. The number of thiazole rings is 1. The maximum Gasteiger partial charge on any atom is 0.434 e. The van der Waals surface area contributed by atoms with Crippen LogP contribution in [0.2, 0.25) is 5.02 Å². The molecule has 5 nitrogen and oxygen atoms in total. The van der Waals surface area contributed by atoms with Crippen molar-refractivity contribution in [1.29, 1.82) is 0 Å². The summed E-state index contributed by atoms with van der Waals surface area (Å²) in [5, 5.41) is 6.80. The average molecular weight is 481 g/mol. The number of halogens is 5. The van der Waals surface area contributed by atoms with E-state index in [1.54, 1.807) is 12.1 Å². The number of amides is 1. The molecule has 0 bridgehead atoms. The van der Waals surface area contributed by atoms with Gasteiger partial charge < -0.3 is 0 Å². The van der Waals surface area contributed by atoms with E-state index in [-0.39, 0.29) is 10.8 Å². The number of carbonyl (C=O) groups is 1. The molecule has 2 aromatic carbocycles. The lowest BCUT2D eigenvalue weighted by Gasteiger charge is -2.12. The van der Waals surface area contributed by atoms with Gasteiger partial charge in [0.05, 0.1) is 17.4 Å². The van der Waals surface area contributed by atoms with Crippen molar-refractivity contribution in [2.75, 3.05) is 5.32 Å². The third-order valence-electron chi connectivity index (χ3n) is 4.45. The molecule has 11 heteroatoms. The summed E-state index contributed by atoms with van der Waals surface area (Å²) < 4.78 is 54.9. The number of alkyl halides is 3. The molecule has 0 spiro atoms. The maximum absolute atomic E-state index is 13.8. The fraction of sp³-hybridized carbons (Fsp3) is 0.0952. The van der Waals surface area contributed by atoms with E-state index in [1.807, 2.05) is 12.1 Å². The highest BCUT2D eigenvalue weighted by atomic mass is 35.5. The van der Waals surface area contributed by atoms with Crippen molar-refractivity contribution in [3.05, 3.63) is 93.5 Å². The molecule has 32 heavy (non-hydrogen) atoms. The normalized spacial score (nSPS) is 11.5. The number of rotatable bonds is 5. The predicted octanol–water partition coefficient (Wildman–Crippen LogP) is 5.98. The minimum absolute atomic E-state index is 0.0333. The molecule has 0 atom stereocenters. The van der Waals surface area contributed by atoms with Crippen molar-refractivity contribution in [3.63, 3.8) is 0 Å². The molecule has 4 aromatic rings. The molecule has 0 saturated heterocycles. The quantitative estimate of drug-likeness (QED) is 0.357. The first-order valence-electron chi connectivity index (χ1n) is 9.13. The smallest absolute Gasteiger partial charge is 0.298 e. The zero-order valence-corrected chi connectivity index (χ0v) is 17.6. The van der Waals surface area contributed by atoms with Gasteiger partial charge in [0.15, 0.2) is 10.8 Å². The number of carbonyl (C=O) groups excluding carboxylic acids is 1. The highest BCUT2D eigenvalue weighted by Gasteiger charge is 2.40. The van der Waals surface area contributed by atoms with Crippen LogP contribution in [0.25, 0.3) is 5.69 Å². The second-order valence-corrected chi connectivity index (χ2v) is 8.17. The van der Waals surface area contributed by atoms with Gasteiger partial charge in [0.2, 0.25) is 0 Å². The number of anilines is 1. The summed E-state index contributed by atoms with van der Waals surface area (Å²) in [5.41, 5.74) is -1.12. The third kappa shape index (κ3) is 4.66. The number of nitrogens with one attached hydrogen (secondary N) is 1. The van der Waals surface area contributed by atoms with Crippen LogP contribution in [0.1, 0.15) is 26.5 Å². The number of hydrogen-bond donors (Lipinski definition) is 1. The van der Waals surface area contributed by atoms with Gasteiger partial charge in [-0.3, -0.25) is 10.1 Å². The largest absolute Gasteiger partial charge is 0.434 e. The minimum Gasteiger partial charge on any atom is -0.298 e. The van der Waals surface area contributed by atoms with Gasteiger partial charge in [0.1, 0.15) is 5.82 Å². The standard InChI is InChI=1S/C21H13ClF4N4OS/c22-17-4-2-1-3-12(17)9-15-10-27-20(32-15)29-19(31)16-11-28-30(18(16)21(24,25)26)14-7-5-13(23)6-8-14/h1-8,10-11H,9H2,(H,27,29,31). The second kappa shape index (κ2) is 8.71. The summed E-state index contributed by atoms with van der Waals surface area (Å²) >= 11 is 7.27. The van der Waals surface area contributed by atoms with Crippen LogP contribution in [0.3, 0.4) is 0 Å². The number of aromatic nitrogens is 3. The van der Waals surface area contributed by atoms with Crippen LogP contribution in [-0.4, -0.2) is 20.7 Å².